The second-order valence-electron chi connectivity index (χ2n) is 6.15. The Labute approximate surface area is 126 Å². The smallest absolute Gasteiger partial charge is 0.235 e. The van der Waals surface area contributed by atoms with Gasteiger partial charge in [-0.05, 0) is 23.5 Å². The SMILES string of the molecule is CCCC(C(=O)Nc1ccccc1C(C)(C)C)C(N)=NO. The highest BCUT2D eigenvalue weighted by atomic mass is 16.4. The van der Waals surface area contributed by atoms with E-state index in [0.29, 0.717) is 6.42 Å². The fourth-order valence-electron chi connectivity index (χ4n) is 2.24. The van der Waals surface area contributed by atoms with Gasteiger partial charge >= 0.3 is 0 Å². The van der Waals surface area contributed by atoms with E-state index in [1.165, 1.54) is 0 Å². The summed E-state index contributed by atoms with van der Waals surface area (Å²) in [4.78, 5) is 12.4. The zero-order chi connectivity index (χ0) is 16.0. The maximum absolute atomic E-state index is 12.4. The van der Waals surface area contributed by atoms with Gasteiger partial charge in [-0.3, -0.25) is 4.79 Å². The zero-order valence-corrected chi connectivity index (χ0v) is 13.2. The van der Waals surface area contributed by atoms with Crippen molar-refractivity contribution in [3.05, 3.63) is 29.8 Å². The van der Waals surface area contributed by atoms with Gasteiger partial charge in [0.05, 0.1) is 5.92 Å². The van der Waals surface area contributed by atoms with Crippen molar-refractivity contribution in [1.82, 2.24) is 0 Å². The molecule has 0 spiro atoms. The number of anilines is 1. The molecule has 0 aromatic heterocycles. The molecule has 1 aromatic rings. The molecule has 21 heavy (non-hydrogen) atoms. The van der Waals surface area contributed by atoms with Crippen LogP contribution in [0.5, 0.6) is 0 Å². The minimum atomic E-state index is -0.618. The van der Waals surface area contributed by atoms with Crippen molar-refractivity contribution < 1.29 is 10.0 Å². The van der Waals surface area contributed by atoms with Gasteiger partial charge in [0.15, 0.2) is 5.84 Å². The molecule has 1 rings (SSSR count). The van der Waals surface area contributed by atoms with E-state index in [-0.39, 0.29) is 17.2 Å². The van der Waals surface area contributed by atoms with E-state index in [1.54, 1.807) is 0 Å². The Balaban J connectivity index is 3.02. The summed E-state index contributed by atoms with van der Waals surface area (Å²) in [5, 5.41) is 14.7. The van der Waals surface area contributed by atoms with Crippen molar-refractivity contribution in [3.8, 4) is 0 Å². The second kappa shape index (κ2) is 7.11. The number of amides is 1. The summed E-state index contributed by atoms with van der Waals surface area (Å²) in [5.74, 6) is -0.917. The fourth-order valence-corrected chi connectivity index (χ4v) is 2.24. The minimum Gasteiger partial charge on any atom is -0.409 e. The second-order valence-corrected chi connectivity index (χ2v) is 6.15. The van der Waals surface area contributed by atoms with Gasteiger partial charge in [0, 0.05) is 5.69 Å². The predicted molar refractivity (Wildman–Crippen MR) is 85.6 cm³/mol. The summed E-state index contributed by atoms with van der Waals surface area (Å²) < 4.78 is 0. The third kappa shape index (κ3) is 4.48. The highest BCUT2D eigenvalue weighted by molar-refractivity contribution is 6.08. The van der Waals surface area contributed by atoms with Crippen LogP contribution in [0.1, 0.15) is 46.1 Å². The molecule has 5 heteroatoms. The quantitative estimate of drug-likeness (QED) is 0.337. The lowest BCUT2D eigenvalue weighted by molar-refractivity contribution is -0.118. The highest BCUT2D eigenvalue weighted by Gasteiger charge is 2.25. The molecule has 1 amide bonds. The van der Waals surface area contributed by atoms with Crippen molar-refractivity contribution in [1.29, 1.82) is 0 Å². The van der Waals surface area contributed by atoms with Crippen LogP contribution < -0.4 is 11.1 Å². The summed E-state index contributed by atoms with van der Waals surface area (Å²) in [7, 11) is 0. The van der Waals surface area contributed by atoms with E-state index >= 15 is 0 Å². The van der Waals surface area contributed by atoms with E-state index in [0.717, 1.165) is 17.7 Å². The van der Waals surface area contributed by atoms with Crippen molar-refractivity contribution in [3.63, 3.8) is 0 Å². The molecule has 116 valence electrons. The van der Waals surface area contributed by atoms with Gasteiger partial charge in [-0.25, -0.2) is 0 Å². The summed E-state index contributed by atoms with van der Waals surface area (Å²) in [6.45, 7) is 8.22. The average molecular weight is 291 g/mol. The average Bonchev–Trinajstić information content (AvgIpc) is 2.43. The van der Waals surface area contributed by atoms with Crippen LogP contribution in [0.4, 0.5) is 5.69 Å². The maximum atomic E-state index is 12.4. The Hall–Kier alpha value is -2.04. The monoisotopic (exact) mass is 291 g/mol. The first kappa shape index (κ1) is 17.0. The topological polar surface area (TPSA) is 87.7 Å². The van der Waals surface area contributed by atoms with Crippen molar-refractivity contribution in [2.45, 2.75) is 46.0 Å². The molecule has 1 atom stereocenters. The van der Waals surface area contributed by atoms with Gasteiger partial charge in [0.1, 0.15) is 0 Å². The van der Waals surface area contributed by atoms with Crippen LogP contribution >= 0.6 is 0 Å². The van der Waals surface area contributed by atoms with Crippen LogP contribution in [-0.4, -0.2) is 17.0 Å². The third-order valence-corrected chi connectivity index (χ3v) is 3.36. The predicted octanol–water partition coefficient (Wildman–Crippen LogP) is 3.09. The number of hydrogen-bond donors (Lipinski definition) is 3. The Morgan fingerprint density at radius 1 is 1.38 bits per heavy atom. The lowest BCUT2D eigenvalue weighted by Gasteiger charge is -2.24. The standard InChI is InChI=1S/C16H25N3O2/c1-5-8-11(14(17)19-21)15(20)18-13-10-7-6-9-12(13)16(2,3)4/h6-7,9-11,21H,5,8H2,1-4H3,(H2,17,19)(H,18,20). The number of carbonyl (C=O) groups excluding carboxylic acids is 1. The summed E-state index contributed by atoms with van der Waals surface area (Å²) >= 11 is 0. The van der Waals surface area contributed by atoms with Crippen molar-refractivity contribution >= 4 is 17.4 Å². The molecule has 0 radical (unpaired) electrons. The number of carbonyl (C=O) groups is 1. The van der Waals surface area contributed by atoms with Gasteiger partial charge < -0.3 is 16.3 Å². The van der Waals surface area contributed by atoms with Crippen LogP contribution in [-0.2, 0) is 10.2 Å². The molecule has 0 heterocycles. The van der Waals surface area contributed by atoms with E-state index in [9.17, 15) is 4.79 Å². The first-order valence-electron chi connectivity index (χ1n) is 7.19. The molecular formula is C16H25N3O2. The first-order chi connectivity index (χ1) is 9.81. The summed E-state index contributed by atoms with van der Waals surface area (Å²) in [6, 6.07) is 7.69. The Bertz CT molecular complexity index is 518. The third-order valence-electron chi connectivity index (χ3n) is 3.36. The molecule has 0 saturated heterocycles. The molecule has 0 aliphatic heterocycles. The highest BCUT2D eigenvalue weighted by Crippen LogP contribution is 2.29. The number of hydrogen-bond acceptors (Lipinski definition) is 3. The summed E-state index contributed by atoms with van der Waals surface area (Å²) in [5.41, 5.74) is 7.35. The van der Waals surface area contributed by atoms with Gasteiger partial charge in [-0.15, -0.1) is 0 Å². The number of amidine groups is 1. The molecule has 0 aliphatic rings. The molecule has 0 bridgehead atoms. The van der Waals surface area contributed by atoms with Crippen LogP contribution in [0.2, 0.25) is 0 Å². The number of nitrogens with one attached hydrogen (secondary N) is 1. The van der Waals surface area contributed by atoms with Crippen LogP contribution in [0, 0.1) is 5.92 Å². The number of para-hydroxylation sites is 1. The number of nitrogens with zero attached hydrogens (tertiary/aromatic N) is 1. The molecule has 5 nitrogen and oxygen atoms in total. The molecule has 1 aromatic carbocycles. The fraction of sp³-hybridized carbons (Fsp3) is 0.500. The zero-order valence-electron chi connectivity index (χ0n) is 13.2. The van der Waals surface area contributed by atoms with Gasteiger partial charge in [0.25, 0.3) is 0 Å². The molecule has 4 N–H and O–H groups in total. The normalized spacial score (nSPS) is 13.8. The number of rotatable bonds is 5. The number of oxime groups is 1. The van der Waals surface area contributed by atoms with E-state index in [4.69, 9.17) is 10.9 Å². The van der Waals surface area contributed by atoms with Crippen LogP contribution in [0.25, 0.3) is 0 Å². The lowest BCUT2D eigenvalue weighted by atomic mass is 9.85. The van der Waals surface area contributed by atoms with Crippen LogP contribution in [0.15, 0.2) is 29.4 Å². The largest absolute Gasteiger partial charge is 0.409 e. The Morgan fingerprint density at radius 3 is 2.52 bits per heavy atom. The Morgan fingerprint density at radius 2 is 2.00 bits per heavy atom. The van der Waals surface area contributed by atoms with Gasteiger partial charge in [0.2, 0.25) is 5.91 Å². The first-order valence-corrected chi connectivity index (χ1v) is 7.19. The van der Waals surface area contributed by atoms with Crippen LogP contribution in [0.3, 0.4) is 0 Å². The van der Waals surface area contributed by atoms with Gasteiger partial charge in [-0.1, -0.05) is 57.5 Å². The lowest BCUT2D eigenvalue weighted by Crippen LogP contribution is -2.35. The maximum Gasteiger partial charge on any atom is 0.235 e. The van der Waals surface area contributed by atoms with Crippen molar-refractivity contribution in [2.75, 3.05) is 5.32 Å². The molecule has 0 fully saturated rings. The van der Waals surface area contributed by atoms with Gasteiger partial charge in [-0.2, -0.15) is 0 Å². The molecule has 1 unspecified atom stereocenters. The molecular weight excluding hydrogens is 266 g/mol. The Kier molecular flexibility index (Phi) is 5.76. The number of benzene rings is 1. The minimum absolute atomic E-state index is 0.0532. The summed E-state index contributed by atoms with van der Waals surface area (Å²) in [6.07, 6.45) is 1.31. The van der Waals surface area contributed by atoms with E-state index in [1.807, 2.05) is 31.2 Å². The number of nitrogens with two attached hydrogens (primary N) is 1. The van der Waals surface area contributed by atoms with E-state index < -0.39 is 5.92 Å². The van der Waals surface area contributed by atoms with E-state index in [2.05, 4.69) is 31.2 Å². The molecule has 0 aliphatic carbocycles. The molecule has 0 saturated carbocycles. The van der Waals surface area contributed by atoms with Crippen molar-refractivity contribution in [2.24, 2.45) is 16.8 Å².